The first-order valence-corrected chi connectivity index (χ1v) is 4.79. The standard InChI is InChI=1S/C10H14N2/c1-2-4-10-9(3-1)11-7-12(10)8-5-6-8/h1-4,8-11H,5-7H2. The van der Waals surface area contributed by atoms with Gasteiger partial charge in [0.25, 0.3) is 0 Å². The molecule has 0 spiro atoms. The zero-order chi connectivity index (χ0) is 7.97. The van der Waals surface area contributed by atoms with E-state index >= 15 is 0 Å². The first kappa shape index (κ1) is 6.87. The van der Waals surface area contributed by atoms with E-state index in [0.29, 0.717) is 12.1 Å². The highest BCUT2D eigenvalue weighted by atomic mass is 15.4. The lowest BCUT2D eigenvalue weighted by atomic mass is 10.0. The number of rotatable bonds is 1. The first-order chi connectivity index (χ1) is 5.95. The lowest BCUT2D eigenvalue weighted by molar-refractivity contribution is 0.274. The zero-order valence-corrected chi connectivity index (χ0v) is 7.11. The van der Waals surface area contributed by atoms with Gasteiger partial charge in [-0.3, -0.25) is 10.2 Å². The molecule has 0 aromatic carbocycles. The summed E-state index contributed by atoms with van der Waals surface area (Å²) in [4.78, 5) is 2.59. The van der Waals surface area contributed by atoms with Gasteiger partial charge in [-0.15, -0.1) is 0 Å². The molecular weight excluding hydrogens is 148 g/mol. The third kappa shape index (κ3) is 0.952. The Bertz CT molecular complexity index is 240. The van der Waals surface area contributed by atoms with Crippen LogP contribution < -0.4 is 5.32 Å². The molecule has 0 radical (unpaired) electrons. The van der Waals surface area contributed by atoms with Gasteiger partial charge in [0, 0.05) is 24.8 Å². The third-order valence-corrected chi connectivity index (χ3v) is 3.01. The average Bonchev–Trinajstić information content (AvgIpc) is 2.86. The van der Waals surface area contributed by atoms with Gasteiger partial charge >= 0.3 is 0 Å². The fourth-order valence-electron chi connectivity index (χ4n) is 2.20. The highest BCUT2D eigenvalue weighted by Crippen LogP contribution is 2.32. The number of hydrogen-bond donors (Lipinski definition) is 1. The second-order valence-electron chi connectivity index (χ2n) is 3.89. The Balaban J connectivity index is 1.82. The van der Waals surface area contributed by atoms with Gasteiger partial charge < -0.3 is 0 Å². The molecule has 0 amide bonds. The minimum Gasteiger partial charge on any atom is -0.296 e. The lowest BCUT2D eigenvalue weighted by Crippen LogP contribution is -2.35. The molecule has 1 aliphatic heterocycles. The molecule has 1 heterocycles. The molecule has 2 nitrogen and oxygen atoms in total. The van der Waals surface area contributed by atoms with Crippen LogP contribution in [0, 0.1) is 0 Å². The monoisotopic (exact) mass is 162 g/mol. The van der Waals surface area contributed by atoms with Gasteiger partial charge in [0.2, 0.25) is 0 Å². The summed E-state index contributed by atoms with van der Waals surface area (Å²) in [6, 6.07) is 2.10. The number of nitrogens with one attached hydrogen (secondary N) is 1. The molecule has 64 valence electrons. The maximum atomic E-state index is 3.52. The Kier molecular flexibility index (Phi) is 1.40. The van der Waals surface area contributed by atoms with Crippen molar-refractivity contribution in [3.63, 3.8) is 0 Å². The second-order valence-corrected chi connectivity index (χ2v) is 3.89. The highest BCUT2D eigenvalue weighted by molar-refractivity contribution is 5.23. The Morgan fingerprint density at radius 2 is 2.00 bits per heavy atom. The minimum atomic E-state index is 0.579. The largest absolute Gasteiger partial charge is 0.296 e. The van der Waals surface area contributed by atoms with Crippen molar-refractivity contribution in [2.45, 2.75) is 31.0 Å². The molecule has 3 aliphatic rings. The molecule has 1 saturated carbocycles. The molecule has 2 aliphatic carbocycles. The van der Waals surface area contributed by atoms with E-state index in [2.05, 4.69) is 34.5 Å². The van der Waals surface area contributed by atoms with E-state index < -0.39 is 0 Å². The Morgan fingerprint density at radius 3 is 2.83 bits per heavy atom. The average molecular weight is 162 g/mol. The number of hydrogen-bond acceptors (Lipinski definition) is 2. The molecule has 2 atom stereocenters. The second kappa shape index (κ2) is 2.44. The molecule has 3 rings (SSSR count). The molecular formula is C10H14N2. The smallest absolute Gasteiger partial charge is 0.0494 e. The fourth-order valence-corrected chi connectivity index (χ4v) is 2.20. The molecule has 2 heteroatoms. The number of allylic oxidation sites excluding steroid dienone is 2. The van der Waals surface area contributed by atoms with E-state index in [4.69, 9.17) is 0 Å². The molecule has 1 saturated heterocycles. The Labute approximate surface area is 72.9 Å². The van der Waals surface area contributed by atoms with Crippen LogP contribution in [0.5, 0.6) is 0 Å². The third-order valence-electron chi connectivity index (χ3n) is 3.01. The van der Waals surface area contributed by atoms with Crippen molar-refractivity contribution in [1.82, 2.24) is 10.2 Å². The molecule has 0 aromatic rings. The SMILES string of the molecule is C1=CC2NCN(C3CC3)C2C=C1. The van der Waals surface area contributed by atoms with Crippen LogP contribution in [0.2, 0.25) is 0 Å². The van der Waals surface area contributed by atoms with Crippen molar-refractivity contribution in [3.05, 3.63) is 24.3 Å². The summed E-state index contributed by atoms with van der Waals surface area (Å²) >= 11 is 0. The highest BCUT2D eigenvalue weighted by Gasteiger charge is 2.39. The van der Waals surface area contributed by atoms with Crippen molar-refractivity contribution in [3.8, 4) is 0 Å². The number of nitrogens with zero attached hydrogens (tertiary/aromatic N) is 1. The minimum absolute atomic E-state index is 0.579. The van der Waals surface area contributed by atoms with Gasteiger partial charge in [0.1, 0.15) is 0 Å². The maximum absolute atomic E-state index is 3.52. The van der Waals surface area contributed by atoms with Crippen molar-refractivity contribution in [2.75, 3.05) is 6.67 Å². The van der Waals surface area contributed by atoms with Gasteiger partial charge in [0.05, 0.1) is 0 Å². The van der Waals surface area contributed by atoms with Crippen LogP contribution in [-0.4, -0.2) is 29.7 Å². The quantitative estimate of drug-likeness (QED) is 0.615. The summed E-state index contributed by atoms with van der Waals surface area (Å²) in [7, 11) is 0. The summed E-state index contributed by atoms with van der Waals surface area (Å²) in [5.41, 5.74) is 0. The Hall–Kier alpha value is -0.600. The van der Waals surface area contributed by atoms with Crippen LogP contribution in [0.15, 0.2) is 24.3 Å². The maximum Gasteiger partial charge on any atom is 0.0494 e. The van der Waals surface area contributed by atoms with Crippen LogP contribution in [0.4, 0.5) is 0 Å². The van der Waals surface area contributed by atoms with Crippen molar-refractivity contribution in [1.29, 1.82) is 0 Å². The van der Waals surface area contributed by atoms with E-state index in [9.17, 15) is 0 Å². The summed E-state index contributed by atoms with van der Waals surface area (Å²) in [5, 5.41) is 3.52. The summed E-state index contributed by atoms with van der Waals surface area (Å²) < 4.78 is 0. The first-order valence-electron chi connectivity index (χ1n) is 4.79. The summed E-state index contributed by atoms with van der Waals surface area (Å²) in [6.45, 7) is 1.08. The van der Waals surface area contributed by atoms with Crippen LogP contribution in [0.1, 0.15) is 12.8 Å². The molecule has 12 heavy (non-hydrogen) atoms. The van der Waals surface area contributed by atoms with Crippen molar-refractivity contribution >= 4 is 0 Å². The normalized spacial score (nSPS) is 40.3. The van der Waals surface area contributed by atoms with Gasteiger partial charge in [-0.1, -0.05) is 24.3 Å². The van der Waals surface area contributed by atoms with Gasteiger partial charge in [-0.2, -0.15) is 0 Å². The molecule has 1 N–H and O–H groups in total. The van der Waals surface area contributed by atoms with Gasteiger partial charge in [-0.05, 0) is 12.8 Å². The topological polar surface area (TPSA) is 15.3 Å². The summed E-state index contributed by atoms with van der Waals surface area (Å²) in [6.07, 6.45) is 11.7. The van der Waals surface area contributed by atoms with E-state index in [1.165, 1.54) is 12.8 Å². The van der Waals surface area contributed by atoms with Crippen molar-refractivity contribution in [2.24, 2.45) is 0 Å². The van der Waals surface area contributed by atoms with Gasteiger partial charge in [0.15, 0.2) is 0 Å². The van der Waals surface area contributed by atoms with Crippen molar-refractivity contribution < 1.29 is 0 Å². The summed E-state index contributed by atoms with van der Waals surface area (Å²) in [5.74, 6) is 0. The van der Waals surface area contributed by atoms with Crippen LogP contribution >= 0.6 is 0 Å². The van der Waals surface area contributed by atoms with E-state index in [-0.39, 0.29) is 0 Å². The van der Waals surface area contributed by atoms with Crippen LogP contribution in [0.25, 0.3) is 0 Å². The van der Waals surface area contributed by atoms with E-state index in [0.717, 1.165) is 12.7 Å². The molecule has 0 bridgehead atoms. The van der Waals surface area contributed by atoms with Gasteiger partial charge in [-0.25, -0.2) is 0 Å². The van der Waals surface area contributed by atoms with Crippen LogP contribution in [-0.2, 0) is 0 Å². The lowest BCUT2D eigenvalue weighted by Gasteiger charge is -2.23. The predicted octanol–water partition coefficient (Wildman–Crippen LogP) is 0.875. The molecule has 2 unspecified atom stereocenters. The fraction of sp³-hybridized carbons (Fsp3) is 0.600. The van der Waals surface area contributed by atoms with Crippen LogP contribution in [0.3, 0.4) is 0 Å². The molecule has 0 aromatic heterocycles. The predicted molar refractivity (Wildman–Crippen MR) is 48.7 cm³/mol. The zero-order valence-electron chi connectivity index (χ0n) is 7.11. The van der Waals surface area contributed by atoms with E-state index in [1.54, 1.807) is 0 Å². The molecule has 2 fully saturated rings. The number of fused-ring (bicyclic) bond motifs is 1. The Morgan fingerprint density at radius 1 is 1.17 bits per heavy atom. The van der Waals surface area contributed by atoms with E-state index in [1.807, 2.05) is 0 Å².